The lowest BCUT2D eigenvalue weighted by molar-refractivity contribution is -0.201. The minimum Gasteiger partial charge on any atom is -0.394 e. The molecule has 4 rings (SSSR count). The summed E-state index contributed by atoms with van der Waals surface area (Å²) in [5.41, 5.74) is 4.87. The molecule has 2 aliphatic rings. The Bertz CT molecular complexity index is 766. The molecule has 0 amide bonds. The van der Waals surface area contributed by atoms with E-state index in [0.717, 1.165) is 36.9 Å². The van der Waals surface area contributed by atoms with Gasteiger partial charge in [0.2, 0.25) is 0 Å². The van der Waals surface area contributed by atoms with Crippen LogP contribution in [0.25, 0.3) is 0 Å². The number of ether oxygens (including phenoxy) is 3. The van der Waals surface area contributed by atoms with E-state index in [1.54, 1.807) is 0 Å². The number of aliphatic hydroxyl groups is 1. The molecule has 2 aromatic rings. The molecular weight excluding hydrogens is 394 g/mol. The van der Waals surface area contributed by atoms with Crippen molar-refractivity contribution in [3.8, 4) is 0 Å². The van der Waals surface area contributed by atoms with Crippen molar-refractivity contribution in [2.45, 2.75) is 69.2 Å². The van der Waals surface area contributed by atoms with Gasteiger partial charge in [-0.05, 0) is 30.5 Å². The van der Waals surface area contributed by atoms with Gasteiger partial charge in [0.25, 0.3) is 0 Å². The van der Waals surface area contributed by atoms with E-state index < -0.39 is 11.9 Å². The van der Waals surface area contributed by atoms with Gasteiger partial charge in [0.1, 0.15) is 12.2 Å². The highest BCUT2D eigenvalue weighted by atomic mass is 16.8. The quantitative estimate of drug-likeness (QED) is 0.546. The van der Waals surface area contributed by atoms with Gasteiger partial charge in [-0.2, -0.15) is 0 Å². The molecule has 31 heavy (non-hydrogen) atoms. The summed E-state index contributed by atoms with van der Waals surface area (Å²) >= 11 is 0. The van der Waals surface area contributed by atoms with Gasteiger partial charge >= 0.3 is 0 Å². The normalized spacial score (nSPS) is 22.3. The van der Waals surface area contributed by atoms with Crippen molar-refractivity contribution in [3.63, 3.8) is 0 Å². The molecule has 2 fully saturated rings. The largest absolute Gasteiger partial charge is 0.394 e. The second kappa shape index (κ2) is 11.1. The Balaban J connectivity index is 1.39. The van der Waals surface area contributed by atoms with Gasteiger partial charge < -0.3 is 19.3 Å². The van der Waals surface area contributed by atoms with Crippen LogP contribution in [0.1, 0.15) is 44.1 Å². The summed E-state index contributed by atoms with van der Waals surface area (Å²) in [5, 5.41) is 9.93. The molecule has 3 atom stereocenters. The van der Waals surface area contributed by atoms with Crippen molar-refractivity contribution < 1.29 is 24.2 Å². The molecule has 0 bridgehead atoms. The van der Waals surface area contributed by atoms with Crippen molar-refractivity contribution in [3.05, 3.63) is 66.2 Å². The topological polar surface area (TPSA) is 69.2 Å². The van der Waals surface area contributed by atoms with Gasteiger partial charge in [0, 0.05) is 19.3 Å². The maximum Gasteiger partial charge on any atom is 0.169 e. The standard InChI is InChI=1S/C25H33NO5/c27-17-22(31-26-21-12-6-2-7-13-21)16-23(28-18-20-10-4-1-5-11-20)24-19-29-25(30-24)14-8-3-9-15-25/h1-2,4-7,10-13,22-24,26-27H,3,8-9,14-19H2/t22-,23-,24+/m0/s1. The molecule has 0 aromatic heterocycles. The zero-order valence-electron chi connectivity index (χ0n) is 17.9. The number of rotatable bonds is 10. The summed E-state index contributed by atoms with van der Waals surface area (Å²) in [6, 6.07) is 19.7. The number of anilines is 1. The SMILES string of the molecule is OC[C@H](C[C@H](OCc1ccccc1)[C@H]1COC2(CCCCC2)O1)ONc1ccccc1. The van der Waals surface area contributed by atoms with Crippen LogP contribution in [-0.2, 0) is 25.7 Å². The van der Waals surface area contributed by atoms with Crippen LogP contribution in [0.15, 0.2) is 60.7 Å². The molecule has 2 aromatic carbocycles. The first-order chi connectivity index (χ1) is 15.3. The van der Waals surface area contributed by atoms with Crippen molar-refractivity contribution in [1.82, 2.24) is 0 Å². The fourth-order valence-corrected chi connectivity index (χ4v) is 4.30. The Morgan fingerprint density at radius 2 is 1.71 bits per heavy atom. The van der Waals surface area contributed by atoms with Crippen LogP contribution in [-0.4, -0.2) is 42.4 Å². The first kappa shape index (κ1) is 22.2. The summed E-state index contributed by atoms with van der Waals surface area (Å²) in [6.07, 6.45) is 4.98. The Hall–Kier alpha value is -1.96. The van der Waals surface area contributed by atoms with E-state index >= 15 is 0 Å². The smallest absolute Gasteiger partial charge is 0.169 e. The minimum absolute atomic E-state index is 0.121. The summed E-state index contributed by atoms with van der Waals surface area (Å²) in [4.78, 5) is 5.78. The van der Waals surface area contributed by atoms with Crippen LogP contribution >= 0.6 is 0 Å². The van der Waals surface area contributed by atoms with E-state index in [9.17, 15) is 5.11 Å². The van der Waals surface area contributed by atoms with E-state index in [4.69, 9.17) is 19.0 Å². The average Bonchev–Trinajstić information content (AvgIpc) is 3.23. The maximum atomic E-state index is 9.93. The minimum atomic E-state index is -0.463. The van der Waals surface area contributed by atoms with E-state index in [1.165, 1.54) is 6.42 Å². The summed E-state index contributed by atoms with van der Waals surface area (Å²) in [6.45, 7) is 0.857. The fourth-order valence-electron chi connectivity index (χ4n) is 4.30. The van der Waals surface area contributed by atoms with Gasteiger partial charge in [-0.25, -0.2) is 0 Å². The summed E-state index contributed by atoms with van der Waals surface area (Å²) in [5.74, 6) is -0.463. The highest BCUT2D eigenvalue weighted by Gasteiger charge is 2.45. The zero-order valence-corrected chi connectivity index (χ0v) is 17.9. The number of hydrogen-bond acceptors (Lipinski definition) is 6. The van der Waals surface area contributed by atoms with Gasteiger partial charge in [-0.1, -0.05) is 55.0 Å². The highest BCUT2D eigenvalue weighted by molar-refractivity contribution is 5.40. The molecule has 1 aliphatic carbocycles. The Morgan fingerprint density at radius 1 is 1.00 bits per heavy atom. The van der Waals surface area contributed by atoms with E-state index in [-0.39, 0.29) is 18.8 Å². The second-order valence-corrected chi connectivity index (χ2v) is 8.40. The maximum absolute atomic E-state index is 9.93. The lowest BCUT2D eigenvalue weighted by Gasteiger charge is -2.33. The molecule has 2 N–H and O–H groups in total. The third kappa shape index (κ3) is 6.28. The molecule has 1 saturated heterocycles. The number of benzene rings is 2. The van der Waals surface area contributed by atoms with Gasteiger partial charge in [0.05, 0.1) is 31.6 Å². The summed E-state index contributed by atoms with van der Waals surface area (Å²) in [7, 11) is 0. The lowest BCUT2D eigenvalue weighted by atomic mass is 9.94. The molecular formula is C25H33NO5. The van der Waals surface area contributed by atoms with Crippen molar-refractivity contribution in [2.24, 2.45) is 0 Å². The van der Waals surface area contributed by atoms with E-state index in [2.05, 4.69) is 5.48 Å². The van der Waals surface area contributed by atoms with Crippen LogP contribution in [0.4, 0.5) is 5.69 Å². The monoisotopic (exact) mass is 427 g/mol. The van der Waals surface area contributed by atoms with Crippen LogP contribution in [0.2, 0.25) is 0 Å². The molecule has 1 saturated carbocycles. The predicted octanol–water partition coefficient (Wildman–Crippen LogP) is 4.44. The number of para-hydroxylation sites is 1. The van der Waals surface area contributed by atoms with Crippen molar-refractivity contribution >= 4 is 5.69 Å². The molecule has 1 aliphatic heterocycles. The van der Waals surface area contributed by atoms with E-state index in [1.807, 2.05) is 60.7 Å². The van der Waals surface area contributed by atoms with Crippen molar-refractivity contribution in [1.29, 1.82) is 0 Å². The Morgan fingerprint density at radius 3 is 2.42 bits per heavy atom. The van der Waals surface area contributed by atoms with Gasteiger partial charge in [-0.3, -0.25) is 10.3 Å². The van der Waals surface area contributed by atoms with Crippen LogP contribution in [0, 0.1) is 0 Å². The average molecular weight is 428 g/mol. The van der Waals surface area contributed by atoms with Gasteiger partial charge in [-0.15, -0.1) is 0 Å². The highest BCUT2D eigenvalue weighted by Crippen LogP contribution is 2.39. The van der Waals surface area contributed by atoms with E-state index in [0.29, 0.717) is 19.6 Å². The molecule has 0 radical (unpaired) electrons. The Labute approximate surface area is 184 Å². The fraction of sp³-hybridized carbons (Fsp3) is 0.520. The zero-order chi connectivity index (χ0) is 21.4. The molecule has 168 valence electrons. The number of hydrogen-bond donors (Lipinski definition) is 2. The first-order valence-electron chi connectivity index (χ1n) is 11.3. The predicted molar refractivity (Wildman–Crippen MR) is 118 cm³/mol. The molecule has 6 heteroatoms. The lowest BCUT2D eigenvalue weighted by Crippen LogP contribution is -2.39. The number of aliphatic hydroxyl groups excluding tert-OH is 1. The Kier molecular flexibility index (Phi) is 7.94. The second-order valence-electron chi connectivity index (χ2n) is 8.40. The molecule has 1 spiro atoms. The first-order valence-corrected chi connectivity index (χ1v) is 11.3. The summed E-state index contributed by atoms with van der Waals surface area (Å²) < 4.78 is 18.9. The third-order valence-electron chi connectivity index (χ3n) is 6.03. The van der Waals surface area contributed by atoms with Crippen LogP contribution < -0.4 is 5.48 Å². The van der Waals surface area contributed by atoms with Crippen molar-refractivity contribution in [2.75, 3.05) is 18.7 Å². The molecule has 6 nitrogen and oxygen atoms in total. The number of nitrogens with one attached hydrogen (secondary N) is 1. The van der Waals surface area contributed by atoms with Crippen LogP contribution in [0.5, 0.6) is 0 Å². The third-order valence-corrected chi connectivity index (χ3v) is 6.03. The van der Waals surface area contributed by atoms with Gasteiger partial charge in [0.15, 0.2) is 5.79 Å². The molecule has 1 heterocycles. The molecule has 0 unspecified atom stereocenters. The van der Waals surface area contributed by atoms with Crippen LogP contribution in [0.3, 0.4) is 0 Å².